The van der Waals surface area contributed by atoms with Gasteiger partial charge < -0.3 is 10.5 Å². The fraction of sp³-hybridized carbons (Fsp3) is 0.0714. The molecule has 3 nitrogen and oxygen atoms in total. The van der Waals surface area contributed by atoms with Crippen LogP contribution in [0, 0.1) is 0 Å². The standard InChI is InChI=1S/C14H12N2OS.BrH/c1-17-13-7-6-10(12-8-18-14(15)16-12)9-4-2-3-5-11(9)13;/h2-8H,1H3,(H2,15,16);1H. The van der Waals surface area contributed by atoms with Gasteiger partial charge in [-0.1, -0.05) is 24.3 Å². The molecule has 0 saturated carbocycles. The van der Waals surface area contributed by atoms with Crippen LogP contribution in [0.15, 0.2) is 41.8 Å². The van der Waals surface area contributed by atoms with E-state index in [4.69, 9.17) is 10.5 Å². The number of nitrogens with zero attached hydrogens (tertiary/aromatic N) is 1. The molecule has 98 valence electrons. The molecule has 1 heterocycles. The van der Waals surface area contributed by atoms with Crippen LogP contribution in [0.1, 0.15) is 0 Å². The molecule has 3 aromatic rings. The molecule has 0 aliphatic rings. The van der Waals surface area contributed by atoms with E-state index in [-0.39, 0.29) is 17.0 Å². The Kier molecular flexibility index (Phi) is 4.07. The van der Waals surface area contributed by atoms with Crippen molar-refractivity contribution >= 4 is 44.2 Å². The molecule has 0 amide bonds. The number of rotatable bonds is 2. The Morgan fingerprint density at radius 2 is 1.84 bits per heavy atom. The predicted molar refractivity (Wildman–Crippen MR) is 86.3 cm³/mol. The molecule has 0 atom stereocenters. The molecule has 19 heavy (non-hydrogen) atoms. The summed E-state index contributed by atoms with van der Waals surface area (Å²) in [6.45, 7) is 0. The van der Waals surface area contributed by atoms with Gasteiger partial charge in [-0.2, -0.15) is 0 Å². The minimum Gasteiger partial charge on any atom is -0.496 e. The van der Waals surface area contributed by atoms with Gasteiger partial charge in [0.2, 0.25) is 0 Å². The van der Waals surface area contributed by atoms with E-state index in [0.29, 0.717) is 5.13 Å². The van der Waals surface area contributed by atoms with Gasteiger partial charge in [0.15, 0.2) is 5.13 Å². The molecule has 2 N–H and O–H groups in total. The summed E-state index contributed by atoms with van der Waals surface area (Å²) in [5.74, 6) is 0.873. The first-order valence-corrected chi connectivity index (χ1v) is 6.44. The minimum atomic E-state index is 0. The molecule has 0 spiro atoms. The number of anilines is 1. The van der Waals surface area contributed by atoms with Crippen LogP contribution in [-0.4, -0.2) is 12.1 Å². The highest BCUT2D eigenvalue weighted by molar-refractivity contribution is 8.93. The van der Waals surface area contributed by atoms with Crippen LogP contribution < -0.4 is 10.5 Å². The Balaban J connectivity index is 0.00000133. The van der Waals surface area contributed by atoms with Crippen LogP contribution >= 0.6 is 28.3 Å². The number of hydrogen-bond acceptors (Lipinski definition) is 4. The van der Waals surface area contributed by atoms with Crippen molar-refractivity contribution in [1.82, 2.24) is 4.98 Å². The van der Waals surface area contributed by atoms with Crippen LogP contribution in [0.4, 0.5) is 5.13 Å². The van der Waals surface area contributed by atoms with Crippen LogP contribution in [0.25, 0.3) is 22.0 Å². The molecular weight excluding hydrogens is 324 g/mol. The Morgan fingerprint density at radius 1 is 1.11 bits per heavy atom. The molecule has 0 saturated heterocycles. The lowest BCUT2D eigenvalue weighted by molar-refractivity contribution is 0.420. The van der Waals surface area contributed by atoms with Gasteiger partial charge in [-0.15, -0.1) is 28.3 Å². The van der Waals surface area contributed by atoms with Gasteiger partial charge in [0.05, 0.1) is 12.8 Å². The normalized spacial score (nSPS) is 10.2. The fourth-order valence-electron chi connectivity index (χ4n) is 2.08. The maximum Gasteiger partial charge on any atom is 0.180 e. The number of ether oxygens (including phenoxy) is 1. The Morgan fingerprint density at radius 3 is 2.47 bits per heavy atom. The van der Waals surface area contributed by atoms with Gasteiger partial charge in [-0.05, 0) is 17.5 Å². The second-order valence-corrected chi connectivity index (χ2v) is 4.82. The molecule has 0 unspecified atom stereocenters. The summed E-state index contributed by atoms with van der Waals surface area (Å²) in [5, 5.41) is 4.78. The first-order valence-electron chi connectivity index (χ1n) is 5.56. The zero-order valence-corrected chi connectivity index (χ0v) is 12.8. The molecule has 2 aromatic carbocycles. The lowest BCUT2D eigenvalue weighted by atomic mass is 10.0. The summed E-state index contributed by atoms with van der Waals surface area (Å²) in [7, 11) is 1.68. The second kappa shape index (κ2) is 5.59. The third-order valence-corrected chi connectivity index (χ3v) is 3.58. The first kappa shape index (κ1) is 13.8. The van der Waals surface area contributed by atoms with Crippen molar-refractivity contribution < 1.29 is 4.74 Å². The third kappa shape index (κ3) is 2.43. The van der Waals surface area contributed by atoms with Gasteiger partial charge in [-0.25, -0.2) is 4.98 Å². The van der Waals surface area contributed by atoms with Crippen LogP contribution in [0.5, 0.6) is 5.75 Å². The quantitative estimate of drug-likeness (QED) is 0.765. The molecule has 0 bridgehead atoms. The molecule has 0 radical (unpaired) electrons. The number of fused-ring (bicyclic) bond motifs is 1. The number of benzene rings is 2. The van der Waals surface area contributed by atoms with Crippen molar-refractivity contribution in [3.63, 3.8) is 0 Å². The zero-order valence-electron chi connectivity index (χ0n) is 10.3. The van der Waals surface area contributed by atoms with Gasteiger partial charge >= 0.3 is 0 Å². The summed E-state index contributed by atoms with van der Waals surface area (Å²) in [5.41, 5.74) is 7.69. The van der Waals surface area contributed by atoms with E-state index < -0.39 is 0 Å². The lowest BCUT2D eigenvalue weighted by Gasteiger charge is -2.08. The topological polar surface area (TPSA) is 48.1 Å². The smallest absolute Gasteiger partial charge is 0.180 e. The molecule has 0 aliphatic carbocycles. The molecule has 0 aliphatic heterocycles. The number of nitrogens with two attached hydrogens (primary N) is 1. The first-order chi connectivity index (χ1) is 8.79. The second-order valence-electron chi connectivity index (χ2n) is 3.93. The average Bonchev–Trinajstić information content (AvgIpc) is 2.84. The number of methoxy groups -OCH3 is 1. The predicted octanol–water partition coefficient (Wildman–Crippen LogP) is 4.13. The molecule has 3 rings (SSSR count). The summed E-state index contributed by atoms with van der Waals surface area (Å²) < 4.78 is 5.38. The number of halogens is 1. The maximum atomic E-state index is 5.70. The van der Waals surface area contributed by atoms with Gasteiger partial charge in [0.25, 0.3) is 0 Å². The van der Waals surface area contributed by atoms with Crippen molar-refractivity contribution in [3.05, 3.63) is 41.8 Å². The van der Waals surface area contributed by atoms with Gasteiger partial charge in [-0.3, -0.25) is 0 Å². The lowest BCUT2D eigenvalue weighted by Crippen LogP contribution is -1.88. The van der Waals surface area contributed by atoms with Gasteiger partial charge in [0, 0.05) is 16.3 Å². The molecular formula is C14H13BrN2OS. The fourth-order valence-corrected chi connectivity index (χ4v) is 2.65. The molecule has 5 heteroatoms. The number of nitrogen functional groups attached to an aromatic ring is 1. The van der Waals surface area contributed by atoms with Crippen LogP contribution in [0.3, 0.4) is 0 Å². The Labute approximate surface area is 125 Å². The van der Waals surface area contributed by atoms with Crippen molar-refractivity contribution in [2.24, 2.45) is 0 Å². The summed E-state index contributed by atoms with van der Waals surface area (Å²) in [6, 6.07) is 12.1. The number of aromatic nitrogens is 1. The summed E-state index contributed by atoms with van der Waals surface area (Å²) in [4.78, 5) is 4.34. The highest BCUT2D eigenvalue weighted by Gasteiger charge is 2.09. The average molecular weight is 337 g/mol. The zero-order chi connectivity index (χ0) is 12.5. The molecule has 0 fully saturated rings. The highest BCUT2D eigenvalue weighted by Crippen LogP contribution is 2.34. The Bertz CT molecular complexity index is 711. The van der Waals surface area contributed by atoms with Crippen molar-refractivity contribution in [2.45, 2.75) is 0 Å². The Hall–Kier alpha value is -1.59. The van der Waals surface area contributed by atoms with E-state index in [1.54, 1.807) is 7.11 Å². The van der Waals surface area contributed by atoms with E-state index in [9.17, 15) is 0 Å². The van der Waals surface area contributed by atoms with E-state index in [1.807, 2.05) is 35.7 Å². The largest absolute Gasteiger partial charge is 0.496 e. The van der Waals surface area contributed by atoms with Crippen molar-refractivity contribution in [1.29, 1.82) is 0 Å². The SMILES string of the molecule is Br.COc1ccc(-c2csc(N)n2)c2ccccc12. The van der Waals surface area contributed by atoms with E-state index in [2.05, 4.69) is 11.1 Å². The van der Waals surface area contributed by atoms with E-state index in [0.717, 1.165) is 27.8 Å². The van der Waals surface area contributed by atoms with E-state index >= 15 is 0 Å². The van der Waals surface area contributed by atoms with Crippen molar-refractivity contribution in [2.75, 3.05) is 12.8 Å². The minimum absolute atomic E-state index is 0. The number of hydrogen-bond donors (Lipinski definition) is 1. The third-order valence-electron chi connectivity index (χ3n) is 2.90. The maximum absolute atomic E-state index is 5.70. The van der Waals surface area contributed by atoms with E-state index in [1.165, 1.54) is 11.3 Å². The van der Waals surface area contributed by atoms with Gasteiger partial charge in [0.1, 0.15) is 5.75 Å². The van der Waals surface area contributed by atoms with Crippen LogP contribution in [0.2, 0.25) is 0 Å². The van der Waals surface area contributed by atoms with Crippen molar-refractivity contribution in [3.8, 4) is 17.0 Å². The summed E-state index contributed by atoms with van der Waals surface area (Å²) >= 11 is 1.45. The van der Waals surface area contributed by atoms with Crippen LogP contribution in [-0.2, 0) is 0 Å². The molecule has 1 aromatic heterocycles. The highest BCUT2D eigenvalue weighted by atomic mass is 79.9. The summed E-state index contributed by atoms with van der Waals surface area (Å²) in [6.07, 6.45) is 0. The monoisotopic (exact) mass is 336 g/mol. The number of thiazole rings is 1.